The second kappa shape index (κ2) is 5.11. The van der Waals surface area contributed by atoms with Gasteiger partial charge in [0, 0.05) is 5.56 Å². The van der Waals surface area contributed by atoms with E-state index in [0.29, 0.717) is 12.1 Å². The number of benzene rings is 2. The molecule has 2 aromatic carbocycles. The second-order valence-corrected chi connectivity index (χ2v) is 7.79. The number of hydrogen-bond donors (Lipinski definition) is 1. The van der Waals surface area contributed by atoms with Crippen LogP contribution >= 0.6 is 24.3 Å². The van der Waals surface area contributed by atoms with Crippen LogP contribution in [0.3, 0.4) is 0 Å². The Bertz CT molecular complexity index is 786. The number of fused-ring (bicyclic) bond motifs is 6. The van der Waals surface area contributed by atoms with E-state index in [4.69, 9.17) is 0 Å². The van der Waals surface area contributed by atoms with Gasteiger partial charge in [0.25, 0.3) is 0 Å². The lowest BCUT2D eigenvalue weighted by Crippen LogP contribution is -2.28. The summed E-state index contributed by atoms with van der Waals surface area (Å²) in [6.45, 7) is 3.85. The maximum Gasteiger partial charge on any atom is 0.0883 e. The molecule has 22 heavy (non-hydrogen) atoms. The van der Waals surface area contributed by atoms with Gasteiger partial charge in [-0.25, -0.2) is 9.12 Å². The van der Waals surface area contributed by atoms with Gasteiger partial charge in [-0.1, -0.05) is 42.5 Å². The molecule has 1 N–H and O–H groups in total. The highest BCUT2D eigenvalue weighted by atomic mass is 32.2. The molecular weight excluding hydrogens is 315 g/mol. The van der Waals surface area contributed by atoms with E-state index in [1.807, 2.05) is 38.1 Å². The van der Waals surface area contributed by atoms with Gasteiger partial charge in [0.15, 0.2) is 0 Å². The molecule has 1 atom stereocenters. The SMILES string of the molecule is CC(C)(SF)c1cccc2c1C1NSN=C1c1ccccc1-2. The van der Waals surface area contributed by atoms with Gasteiger partial charge in [0.05, 0.1) is 40.8 Å². The standard InChI is InChI=1S/C17H15FN2S2/c1-17(2,21-18)13-9-5-8-11-10-6-3-4-7-12(10)15-16(14(11)13)20-22-19-15/h3-9,16,20H,1-2H3. The number of hydrogen-bond acceptors (Lipinski definition) is 4. The quantitative estimate of drug-likeness (QED) is 0.764. The summed E-state index contributed by atoms with van der Waals surface area (Å²) in [7, 11) is 0. The number of rotatable bonds is 2. The van der Waals surface area contributed by atoms with E-state index in [1.165, 1.54) is 28.8 Å². The maximum absolute atomic E-state index is 13.5. The number of nitrogens with one attached hydrogen (secondary N) is 1. The second-order valence-electron chi connectivity index (χ2n) is 6.02. The Morgan fingerprint density at radius 3 is 2.59 bits per heavy atom. The summed E-state index contributed by atoms with van der Waals surface area (Å²) in [4.78, 5) is 0. The Morgan fingerprint density at radius 2 is 1.82 bits per heavy atom. The van der Waals surface area contributed by atoms with Crippen LogP contribution in [0.1, 0.15) is 36.6 Å². The summed E-state index contributed by atoms with van der Waals surface area (Å²) in [6.07, 6.45) is 0. The van der Waals surface area contributed by atoms with E-state index in [1.54, 1.807) is 0 Å². The zero-order valence-corrected chi connectivity index (χ0v) is 13.9. The molecule has 2 nitrogen and oxygen atoms in total. The van der Waals surface area contributed by atoms with Gasteiger partial charge in [0.2, 0.25) is 0 Å². The molecule has 0 aromatic heterocycles. The molecule has 5 heteroatoms. The molecule has 1 heterocycles. The predicted molar refractivity (Wildman–Crippen MR) is 93.6 cm³/mol. The lowest BCUT2D eigenvalue weighted by molar-refractivity contribution is 0.719. The summed E-state index contributed by atoms with van der Waals surface area (Å²) >= 11 is 1.76. The topological polar surface area (TPSA) is 24.4 Å². The largest absolute Gasteiger partial charge is 0.231 e. The Morgan fingerprint density at radius 1 is 1.09 bits per heavy atom. The molecule has 0 saturated carbocycles. The first-order valence-corrected chi connectivity index (χ1v) is 8.65. The van der Waals surface area contributed by atoms with E-state index in [9.17, 15) is 3.89 Å². The van der Waals surface area contributed by atoms with Crippen LogP contribution in [0.2, 0.25) is 0 Å². The van der Waals surface area contributed by atoms with Crippen molar-refractivity contribution in [2.24, 2.45) is 4.40 Å². The Kier molecular flexibility index (Phi) is 3.33. The van der Waals surface area contributed by atoms with Gasteiger partial charge in [-0.15, -0.1) is 0 Å². The first-order valence-electron chi connectivity index (χ1n) is 7.16. The Labute approximate surface area is 138 Å². The van der Waals surface area contributed by atoms with Gasteiger partial charge in [-0.05, 0) is 36.1 Å². The molecule has 0 fully saturated rings. The zero-order chi connectivity index (χ0) is 15.3. The lowest BCUT2D eigenvalue weighted by Gasteiger charge is -2.32. The van der Waals surface area contributed by atoms with Crippen LogP contribution in [-0.2, 0) is 4.75 Å². The summed E-state index contributed by atoms with van der Waals surface area (Å²) < 4.78 is 20.9. The third-order valence-corrected chi connectivity index (χ3v) is 5.55. The molecule has 0 amide bonds. The van der Waals surface area contributed by atoms with Crippen molar-refractivity contribution in [2.45, 2.75) is 24.6 Å². The van der Waals surface area contributed by atoms with Crippen molar-refractivity contribution >= 4 is 30.0 Å². The molecule has 2 aliphatic rings. The van der Waals surface area contributed by atoms with Crippen LogP contribution in [0.25, 0.3) is 11.1 Å². The van der Waals surface area contributed by atoms with Crippen LogP contribution in [0, 0.1) is 0 Å². The first kappa shape index (κ1) is 14.3. The summed E-state index contributed by atoms with van der Waals surface area (Å²) in [5.74, 6) is 0. The van der Waals surface area contributed by atoms with E-state index in [-0.39, 0.29) is 6.04 Å². The van der Waals surface area contributed by atoms with Crippen molar-refractivity contribution in [2.75, 3.05) is 0 Å². The van der Waals surface area contributed by atoms with Crippen LogP contribution in [-0.4, -0.2) is 5.71 Å². The molecule has 4 rings (SSSR count). The monoisotopic (exact) mass is 330 g/mol. The lowest BCUT2D eigenvalue weighted by atomic mass is 9.77. The molecule has 0 spiro atoms. The van der Waals surface area contributed by atoms with Crippen molar-refractivity contribution in [3.8, 4) is 11.1 Å². The minimum atomic E-state index is -0.586. The molecule has 1 aliphatic carbocycles. The smallest absolute Gasteiger partial charge is 0.0883 e. The van der Waals surface area contributed by atoms with E-state index in [2.05, 4.69) is 27.3 Å². The average Bonchev–Trinajstić information content (AvgIpc) is 3.04. The molecule has 2 aromatic rings. The highest BCUT2D eigenvalue weighted by Gasteiger charge is 2.38. The molecule has 0 radical (unpaired) electrons. The van der Waals surface area contributed by atoms with Gasteiger partial charge >= 0.3 is 0 Å². The van der Waals surface area contributed by atoms with Crippen molar-refractivity contribution in [1.29, 1.82) is 0 Å². The van der Waals surface area contributed by atoms with Gasteiger partial charge < -0.3 is 0 Å². The summed E-state index contributed by atoms with van der Waals surface area (Å²) in [5.41, 5.74) is 6.74. The highest BCUT2D eigenvalue weighted by molar-refractivity contribution is 7.96. The Balaban J connectivity index is 2.05. The number of nitrogens with zero attached hydrogens (tertiary/aromatic N) is 1. The molecule has 0 saturated heterocycles. The molecule has 0 bridgehead atoms. The third-order valence-electron chi connectivity index (χ3n) is 4.32. The van der Waals surface area contributed by atoms with Crippen molar-refractivity contribution in [1.82, 2.24) is 4.72 Å². The molecule has 1 aliphatic heterocycles. The molecule has 112 valence electrons. The fraction of sp³-hybridized carbons (Fsp3) is 0.235. The summed E-state index contributed by atoms with van der Waals surface area (Å²) in [5, 5.41) is 0. The minimum Gasteiger partial charge on any atom is -0.231 e. The fourth-order valence-electron chi connectivity index (χ4n) is 3.26. The van der Waals surface area contributed by atoms with Crippen molar-refractivity contribution in [3.05, 3.63) is 59.2 Å². The predicted octanol–water partition coefficient (Wildman–Crippen LogP) is 5.22. The van der Waals surface area contributed by atoms with Crippen LogP contribution in [0.4, 0.5) is 3.89 Å². The van der Waals surface area contributed by atoms with Crippen LogP contribution < -0.4 is 4.72 Å². The number of halogens is 1. The third kappa shape index (κ3) is 1.96. The minimum absolute atomic E-state index is 0.0255. The van der Waals surface area contributed by atoms with Gasteiger partial charge in [-0.2, -0.15) is 3.89 Å². The highest BCUT2D eigenvalue weighted by Crippen LogP contribution is 2.48. The van der Waals surface area contributed by atoms with E-state index in [0.717, 1.165) is 16.8 Å². The van der Waals surface area contributed by atoms with Crippen LogP contribution in [0.15, 0.2) is 46.9 Å². The van der Waals surface area contributed by atoms with E-state index < -0.39 is 4.75 Å². The summed E-state index contributed by atoms with van der Waals surface area (Å²) in [6, 6.07) is 14.5. The Hall–Kier alpha value is -1.30. The van der Waals surface area contributed by atoms with Crippen LogP contribution in [0.5, 0.6) is 0 Å². The van der Waals surface area contributed by atoms with Gasteiger partial charge in [0.1, 0.15) is 0 Å². The van der Waals surface area contributed by atoms with Crippen molar-refractivity contribution in [3.63, 3.8) is 0 Å². The zero-order valence-electron chi connectivity index (χ0n) is 12.3. The maximum atomic E-state index is 13.5. The van der Waals surface area contributed by atoms with Crippen molar-refractivity contribution < 1.29 is 3.89 Å². The fourth-order valence-corrected chi connectivity index (χ4v) is 4.21. The normalized spacial score (nSPS) is 19.2. The van der Waals surface area contributed by atoms with E-state index >= 15 is 0 Å². The molecular formula is C17H15FN2S2. The average molecular weight is 330 g/mol. The molecule has 1 unspecified atom stereocenters. The van der Waals surface area contributed by atoms with Gasteiger partial charge in [-0.3, -0.25) is 0 Å². The first-order chi connectivity index (χ1) is 10.6.